The summed E-state index contributed by atoms with van der Waals surface area (Å²) in [6.45, 7) is 3.62. The summed E-state index contributed by atoms with van der Waals surface area (Å²) < 4.78 is 19.8. The van der Waals surface area contributed by atoms with Gasteiger partial charge in [0.1, 0.15) is 17.7 Å². The molecular formula is C17H17Cl2FN2O. The third-order valence-electron chi connectivity index (χ3n) is 4.02. The van der Waals surface area contributed by atoms with Gasteiger partial charge in [-0.05, 0) is 43.7 Å². The second-order valence-electron chi connectivity index (χ2n) is 5.76. The largest absolute Gasteiger partial charge is 0.483 e. The Morgan fingerprint density at radius 3 is 2.78 bits per heavy atom. The van der Waals surface area contributed by atoms with E-state index >= 15 is 0 Å². The van der Waals surface area contributed by atoms with Crippen molar-refractivity contribution >= 4 is 23.2 Å². The van der Waals surface area contributed by atoms with Crippen molar-refractivity contribution in [3.63, 3.8) is 0 Å². The number of rotatable bonds is 4. The predicted molar refractivity (Wildman–Crippen MR) is 89.7 cm³/mol. The fourth-order valence-corrected chi connectivity index (χ4v) is 3.56. The quantitative estimate of drug-likeness (QED) is 0.873. The molecule has 3 rings (SSSR count). The number of halogens is 3. The SMILES string of the molecule is Cc1cc(Cl)cc(Cl)c1O[C@H](c1cncc(F)c1)C1CCNC1. The van der Waals surface area contributed by atoms with Crippen LogP contribution in [0.15, 0.2) is 30.6 Å². The van der Waals surface area contributed by atoms with Crippen molar-refractivity contribution in [2.75, 3.05) is 13.1 Å². The van der Waals surface area contributed by atoms with Gasteiger partial charge in [0.25, 0.3) is 0 Å². The molecule has 122 valence electrons. The Hall–Kier alpha value is -1.36. The van der Waals surface area contributed by atoms with Gasteiger partial charge in [0.05, 0.1) is 11.2 Å². The summed E-state index contributed by atoms with van der Waals surface area (Å²) in [4.78, 5) is 3.95. The summed E-state index contributed by atoms with van der Waals surface area (Å²) in [6, 6.07) is 4.92. The second-order valence-corrected chi connectivity index (χ2v) is 6.61. The summed E-state index contributed by atoms with van der Waals surface area (Å²) >= 11 is 12.3. The lowest BCUT2D eigenvalue weighted by molar-refractivity contribution is 0.143. The van der Waals surface area contributed by atoms with Crippen molar-refractivity contribution in [2.24, 2.45) is 5.92 Å². The van der Waals surface area contributed by atoms with E-state index in [2.05, 4.69) is 10.3 Å². The molecule has 1 aliphatic heterocycles. The van der Waals surface area contributed by atoms with Gasteiger partial charge in [-0.15, -0.1) is 0 Å². The number of ether oxygens (including phenoxy) is 1. The van der Waals surface area contributed by atoms with Gasteiger partial charge in [-0.25, -0.2) is 4.39 Å². The zero-order valence-electron chi connectivity index (χ0n) is 12.7. The van der Waals surface area contributed by atoms with Gasteiger partial charge >= 0.3 is 0 Å². The second kappa shape index (κ2) is 7.04. The Morgan fingerprint density at radius 2 is 2.13 bits per heavy atom. The highest BCUT2D eigenvalue weighted by Crippen LogP contribution is 2.38. The Bertz CT molecular complexity index is 682. The molecule has 2 heterocycles. The molecule has 0 spiro atoms. The molecule has 23 heavy (non-hydrogen) atoms. The van der Waals surface area contributed by atoms with Gasteiger partial charge in [-0.1, -0.05) is 23.2 Å². The highest BCUT2D eigenvalue weighted by Gasteiger charge is 2.29. The number of hydrogen-bond acceptors (Lipinski definition) is 3. The Kier molecular flexibility index (Phi) is 5.05. The zero-order valence-corrected chi connectivity index (χ0v) is 14.2. The monoisotopic (exact) mass is 354 g/mol. The van der Waals surface area contributed by atoms with Crippen LogP contribution >= 0.6 is 23.2 Å². The van der Waals surface area contributed by atoms with Crippen LogP contribution in [0.5, 0.6) is 5.75 Å². The Balaban J connectivity index is 1.96. The first-order valence-corrected chi connectivity index (χ1v) is 8.23. The number of benzene rings is 1. The van der Waals surface area contributed by atoms with Crippen molar-refractivity contribution in [3.8, 4) is 5.75 Å². The van der Waals surface area contributed by atoms with E-state index in [9.17, 15) is 4.39 Å². The van der Waals surface area contributed by atoms with Crippen LogP contribution in [-0.2, 0) is 0 Å². The van der Waals surface area contributed by atoms with E-state index in [1.807, 2.05) is 6.92 Å². The summed E-state index contributed by atoms with van der Waals surface area (Å²) in [5, 5.41) is 4.33. The van der Waals surface area contributed by atoms with E-state index in [-0.39, 0.29) is 17.8 Å². The van der Waals surface area contributed by atoms with Crippen LogP contribution in [0.1, 0.15) is 23.7 Å². The van der Waals surface area contributed by atoms with Crippen LogP contribution in [-0.4, -0.2) is 18.1 Å². The average Bonchev–Trinajstić information content (AvgIpc) is 3.00. The third-order valence-corrected chi connectivity index (χ3v) is 4.52. The van der Waals surface area contributed by atoms with Crippen molar-refractivity contribution < 1.29 is 9.13 Å². The topological polar surface area (TPSA) is 34.1 Å². The Labute approximate surface area is 144 Å². The molecule has 1 aromatic heterocycles. The zero-order chi connectivity index (χ0) is 16.4. The first-order valence-electron chi connectivity index (χ1n) is 7.48. The summed E-state index contributed by atoms with van der Waals surface area (Å²) in [7, 11) is 0. The molecule has 0 saturated carbocycles. The lowest BCUT2D eigenvalue weighted by Gasteiger charge is -2.26. The smallest absolute Gasteiger partial charge is 0.141 e. The molecule has 1 unspecified atom stereocenters. The average molecular weight is 355 g/mol. The first kappa shape index (κ1) is 16.5. The van der Waals surface area contributed by atoms with Crippen LogP contribution in [0.25, 0.3) is 0 Å². The molecule has 2 atom stereocenters. The minimum Gasteiger partial charge on any atom is -0.483 e. The molecule has 0 bridgehead atoms. The fourth-order valence-electron chi connectivity index (χ4n) is 2.92. The number of aryl methyl sites for hydroxylation is 1. The summed E-state index contributed by atoms with van der Waals surface area (Å²) in [5.41, 5.74) is 1.56. The van der Waals surface area contributed by atoms with Crippen LogP contribution in [0.4, 0.5) is 4.39 Å². The van der Waals surface area contributed by atoms with E-state index in [0.717, 1.165) is 25.1 Å². The van der Waals surface area contributed by atoms with Crippen molar-refractivity contribution in [2.45, 2.75) is 19.4 Å². The van der Waals surface area contributed by atoms with Crippen LogP contribution in [0.3, 0.4) is 0 Å². The molecule has 1 aliphatic rings. The van der Waals surface area contributed by atoms with Gasteiger partial charge in [0, 0.05) is 29.2 Å². The molecule has 1 fully saturated rings. The van der Waals surface area contributed by atoms with Gasteiger partial charge in [0.15, 0.2) is 0 Å². The normalized spacial score (nSPS) is 18.9. The van der Waals surface area contributed by atoms with E-state index in [0.29, 0.717) is 21.4 Å². The maximum Gasteiger partial charge on any atom is 0.141 e. The molecule has 2 aromatic rings. The minimum atomic E-state index is -0.374. The van der Waals surface area contributed by atoms with Crippen LogP contribution in [0.2, 0.25) is 10.0 Å². The first-order chi connectivity index (χ1) is 11.0. The highest BCUT2D eigenvalue weighted by atomic mass is 35.5. The Morgan fingerprint density at radius 1 is 1.30 bits per heavy atom. The maximum absolute atomic E-state index is 13.6. The van der Waals surface area contributed by atoms with Crippen LogP contribution in [0, 0.1) is 18.7 Å². The molecule has 1 saturated heterocycles. The molecule has 6 heteroatoms. The van der Waals surface area contributed by atoms with Crippen LogP contribution < -0.4 is 10.1 Å². The molecule has 0 radical (unpaired) electrons. The van der Waals surface area contributed by atoms with E-state index in [1.165, 1.54) is 12.3 Å². The lowest BCUT2D eigenvalue weighted by Crippen LogP contribution is -2.22. The van der Waals surface area contributed by atoms with Gasteiger partial charge in [-0.3, -0.25) is 4.98 Å². The fraction of sp³-hybridized carbons (Fsp3) is 0.353. The minimum absolute atomic E-state index is 0.227. The van der Waals surface area contributed by atoms with Crippen molar-refractivity contribution in [1.82, 2.24) is 10.3 Å². The van der Waals surface area contributed by atoms with E-state index < -0.39 is 0 Å². The van der Waals surface area contributed by atoms with Crippen molar-refractivity contribution in [3.05, 3.63) is 57.6 Å². The molecule has 3 nitrogen and oxygen atoms in total. The maximum atomic E-state index is 13.6. The number of nitrogens with one attached hydrogen (secondary N) is 1. The lowest BCUT2D eigenvalue weighted by atomic mass is 9.95. The molecule has 0 aliphatic carbocycles. The standard InChI is InChI=1S/C17H17Cl2FN2O/c1-10-4-13(18)6-15(19)16(10)23-17(11-2-3-21-7-11)12-5-14(20)9-22-8-12/h4-6,8-9,11,17,21H,2-3,7H2,1H3/t11?,17-/m0/s1. The number of nitrogens with zero attached hydrogens (tertiary/aromatic N) is 1. The number of aromatic nitrogens is 1. The molecule has 1 aromatic carbocycles. The molecule has 0 amide bonds. The summed E-state index contributed by atoms with van der Waals surface area (Å²) in [6.07, 6.45) is 3.47. The van der Waals surface area contributed by atoms with Gasteiger partial charge in [0.2, 0.25) is 0 Å². The molecule has 1 N–H and O–H groups in total. The third kappa shape index (κ3) is 3.77. The van der Waals surface area contributed by atoms with Crippen molar-refractivity contribution in [1.29, 1.82) is 0 Å². The number of pyridine rings is 1. The van der Waals surface area contributed by atoms with Gasteiger partial charge in [-0.2, -0.15) is 0 Å². The number of hydrogen-bond donors (Lipinski definition) is 1. The van der Waals surface area contributed by atoms with E-state index in [1.54, 1.807) is 18.3 Å². The van der Waals surface area contributed by atoms with Gasteiger partial charge < -0.3 is 10.1 Å². The van der Waals surface area contributed by atoms with E-state index in [4.69, 9.17) is 27.9 Å². The predicted octanol–water partition coefficient (Wildman–Crippen LogP) is 4.57. The highest BCUT2D eigenvalue weighted by molar-refractivity contribution is 6.35. The molecular weight excluding hydrogens is 338 g/mol. The summed E-state index contributed by atoms with van der Waals surface area (Å²) in [5.74, 6) is 0.433.